The molecule has 0 N–H and O–H groups in total. The number of ether oxygens (including phenoxy) is 1. The zero-order valence-electron chi connectivity index (χ0n) is 16.7. The maximum atomic E-state index is 11.3. The monoisotopic (exact) mass is 338 g/mol. The lowest BCUT2D eigenvalue weighted by atomic mass is 10.0. The van der Waals surface area contributed by atoms with Gasteiger partial charge < -0.3 is 4.74 Å². The molecule has 0 fully saturated rings. The van der Waals surface area contributed by atoms with E-state index in [-0.39, 0.29) is 5.97 Å². The summed E-state index contributed by atoms with van der Waals surface area (Å²) in [6, 6.07) is 0. The van der Waals surface area contributed by atoms with E-state index in [1.54, 1.807) is 6.08 Å². The Morgan fingerprint density at radius 3 is 1.42 bits per heavy atom. The molecule has 0 aliphatic rings. The highest BCUT2D eigenvalue weighted by Gasteiger charge is 1.98. The molecule has 0 radical (unpaired) electrons. The predicted molar refractivity (Wildman–Crippen MR) is 105 cm³/mol. The van der Waals surface area contributed by atoms with Crippen molar-refractivity contribution in [1.29, 1.82) is 0 Å². The van der Waals surface area contributed by atoms with Gasteiger partial charge >= 0.3 is 5.97 Å². The van der Waals surface area contributed by atoms with Gasteiger partial charge in [-0.3, -0.25) is 0 Å². The summed E-state index contributed by atoms with van der Waals surface area (Å²) < 4.78 is 5.15. The first-order chi connectivity index (χ1) is 11.7. The van der Waals surface area contributed by atoms with E-state index in [1.165, 1.54) is 89.9 Å². The minimum absolute atomic E-state index is 0.194. The molecule has 2 heteroatoms. The summed E-state index contributed by atoms with van der Waals surface area (Å²) in [6.45, 7) is 6.67. The van der Waals surface area contributed by atoms with E-state index >= 15 is 0 Å². The zero-order chi connectivity index (χ0) is 17.9. The van der Waals surface area contributed by atoms with Gasteiger partial charge in [-0.2, -0.15) is 0 Å². The summed E-state index contributed by atoms with van der Waals surface area (Å²) >= 11 is 0. The molecule has 0 atom stereocenters. The van der Waals surface area contributed by atoms with Crippen molar-refractivity contribution in [2.24, 2.45) is 0 Å². The summed E-state index contributed by atoms with van der Waals surface area (Å²) in [5.74, 6) is -0.194. The molecule has 0 heterocycles. The number of allylic oxidation sites excluding steroid dienone is 1. The fourth-order valence-electron chi connectivity index (χ4n) is 2.92. The molecule has 0 unspecified atom stereocenters. The SMILES string of the molecule is CCCCCCCCCCCCCCCCCOC(=O)C=C(C)C. The largest absolute Gasteiger partial charge is 0.463 e. The molecule has 0 rings (SSSR count). The molecule has 0 amide bonds. The van der Waals surface area contributed by atoms with Crippen LogP contribution in [0, 0.1) is 0 Å². The van der Waals surface area contributed by atoms with Crippen LogP contribution in [0.25, 0.3) is 0 Å². The molecule has 0 aliphatic heterocycles. The van der Waals surface area contributed by atoms with Gasteiger partial charge in [0.15, 0.2) is 0 Å². The number of carbonyl (C=O) groups is 1. The third-order valence-corrected chi connectivity index (χ3v) is 4.40. The van der Waals surface area contributed by atoms with Crippen LogP contribution in [0.15, 0.2) is 11.6 Å². The van der Waals surface area contributed by atoms with Gasteiger partial charge in [0.25, 0.3) is 0 Å². The molecule has 0 saturated carbocycles. The average molecular weight is 339 g/mol. The number of hydrogen-bond donors (Lipinski definition) is 0. The number of unbranched alkanes of at least 4 members (excludes halogenated alkanes) is 14. The summed E-state index contributed by atoms with van der Waals surface area (Å²) in [4.78, 5) is 11.3. The lowest BCUT2D eigenvalue weighted by Crippen LogP contribution is -2.02. The maximum Gasteiger partial charge on any atom is 0.330 e. The fraction of sp³-hybridized carbons (Fsp3) is 0.864. The van der Waals surface area contributed by atoms with Crippen molar-refractivity contribution in [1.82, 2.24) is 0 Å². The molecule has 142 valence electrons. The van der Waals surface area contributed by atoms with Crippen molar-refractivity contribution in [2.75, 3.05) is 6.61 Å². The van der Waals surface area contributed by atoms with Gasteiger partial charge in [0.2, 0.25) is 0 Å². The molecular weight excluding hydrogens is 296 g/mol. The van der Waals surface area contributed by atoms with Crippen LogP contribution in [0.4, 0.5) is 0 Å². The van der Waals surface area contributed by atoms with Gasteiger partial charge in [-0.05, 0) is 20.3 Å². The van der Waals surface area contributed by atoms with Gasteiger partial charge in [-0.15, -0.1) is 0 Å². The first-order valence-corrected chi connectivity index (χ1v) is 10.5. The van der Waals surface area contributed by atoms with Crippen molar-refractivity contribution >= 4 is 5.97 Å². The van der Waals surface area contributed by atoms with Crippen molar-refractivity contribution < 1.29 is 9.53 Å². The van der Waals surface area contributed by atoms with Crippen molar-refractivity contribution in [2.45, 2.75) is 117 Å². The Labute approximate surface area is 151 Å². The second kappa shape index (κ2) is 18.5. The van der Waals surface area contributed by atoms with Crippen LogP contribution in [0.3, 0.4) is 0 Å². The molecule has 2 nitrogen and oxygen atoms in total. The first kappa shape index (κ1) is 23.2. The van der Waals surface area contributed by atoms with E-state index in [9.17, 15) is 4.79 Å². The van der Waals surface area contributed by atoms with Gasteiger partial charge in [0.1, 0.15) is 0 Å². The average Bonchev–Trinajstić information content (AvgIpc) is 2.53. The Bertz CT molecular complexity index is 303. The topological polar surface area (TPSA) is 26.3 Å². The molecule has 0 aromatic rings. The summed E-state index contributed by atoms with van der Waals surface area (Å²) in [6.07, 6.45) is 21.9. The quantitative estimate of drug-likeness (QED) is 0.157. The second-order valence-electron chi connectivity index (χ2n) is 7.34. The Morgan fingerprint density at radius 1 is 0.667 bits per heavy atom. The van der Waals surface area contributed by atoms with Gasteiger partial charge in [-0.25, -0.2) is 4.79 Å². The lowest BCUT2D eigenvalue weighted by molar-refractivity contribution is -0.137. The Hall–Kier alpha value is -0.790. The van der Waals surface area contributed by atoms with Gasteiger partial charge in [0, 0.05) is 6.08 Å². The molecule has 0 aliphatic carbocycles. The molecule has 0 spiro atoms. The highest BCUT2D eigenvalue weighted by molar-refractivity contribution is 5.82. The molecule has 0 aromatic heterocycles. The highest BCUT2D eigenvalue weighted by atomic mass is 16.5. The van der Waals surface area contributed by atoms with E-state index < -0.39 is 0 Å². The van der Waals surface area contributed by atoms with E-state index in [0.717, 1.165) is 12.0 Å². The number of esters is 1. The Balaban J connectivity index is 3.10. The van der Waals surface area contributed by atoms with Crippen molar-refractivity contribution in [3.63, 3.8) is 0 Å². The molecular formula is C22H42O2. The van der Waals surface area contributed by atoms with E-state index in [4.69, 9.17) is 4.74 Å². The summed E-state index contributed by atoms with van der Waals surface area (Å²) in [5, 5.41) is 0. The van der Waals surface area contributed by atoms with E-state index in [1.807, 2.05) is 13.8 Å². The van der Waals surface area contributed by atoms with Crippen LogP contribution in [0.5, 0.6) is 0 Å². The standard InChI is InChI=1S/C22H42O2/c1-4-5-6-7-8-9-10-11-12-13-14-15-16-17-18-19-24-22(23)20-21(2)3/h20H,4-19H2,1-3H3. The van der Waals surface area contributed by atoms with Crippen LogP contribution in [-0.4, -0.2) is 12.6 Å². The summed E-state index contributed by atoms with van der Waals surface area (Å²) in [5.41, 5.74) is 0.997. The highest BCUT2D eigenvalue weighted by Crippen LogP contribution is 2.13. The lowest BCUT2D eigenvalue weighted by Gasteiger charge is -2.04. The minimum atomic E-state index is -0.194. The van der Waals surface area contributed by atoms with Crippen LogP contribution in [0.1, 0.15) is 117 Å². The van der Waals surface area contributed by atoms with Crippen LogP contribution >= 0.6 is 0 Å². The Morgan fingerprint density at radius 2 is 1.04 bits per heavy atom. The molecule has 24 heavy (non-hydrogen) atoms. The van der Waals surface area contributed by atoms with Crippen LogP contribution < -0.4 is 0 Å². The number of hydrogen-bond acceptors (Lipinski definition) is 2. The van der Waals surface area contributed by atoms with Gasteiger partial charge in [-0.1, -0.05) is 102 Å². The smallest absolute Gasteiger partial charge is 0.330 e. The van der Waals surface area contributed by atoms with Crippen molar-refractivity contribution in [3.8, 4) is 0 Å². The number of carbonyl (C=O) groups excluding carboxylic acids is 1. The van der Waals surface area contributed by atoms with Gasteiger partial charge in [0.05, 0.1) is 6.61 Å². The fourth-order valence-corrected chi connectivity index (χ4v) is 2.92. The molecule has 0 aromatic carbocycles. The van der Waals surface area contributed by atoms with Crippen molar-refractivity contribution in [3.05, 3.63) is 11.6 Å². The maximum absolute atomic E-state index is 11.3. The third kappa shape index (κ3) is 19.3. The minimum Gasteiger partial charge on any atom is -0.463 e. The Kier molecular flexibility index (Phi) is 17.9. The second-order valence-corrected chi connectivity index (χ2v) is 7.34. The molecule has 0 saturated heterocycles. The molecule has 0 bridgehead atoms. The predicted octanol–water partition coefficient (Wildman–Crippen LogP) is 7.37. The third-order valence-electron chi connectivity index (χ3n) is 4.40. The van der Waals surface area contributed by atoms with Crippen LogP contribution in [-0.2, 0) is 9.53 Å². The van der Waals surface area contributed by atoms with E-state index in [2.05, 4.69) is 6.92 Å². The summed E-state index contributed by atoms with van der Waals surface area (Å²) in [7, 11) is 0. The number of rotatable bonds is 17. The van der Waals surface area contributed by atoms with Crippen LogP contribution in [0.2, 0.25) is 0 Å². The normalized spacial score (nSPS) is 10.6. The zero-order valence-corrected chi connectivity index (χ0v) is 16.7. The first-order valence-electron chi connectivity index (χ1n) is 10.5. The van der Waals surface area contributed by atoms with E-state index in [0.29, 0.717) is 6.61 Å².